The Kier molecular flexibility index (Phi) is 4.35. The summed E-state index contributed by atoms with van der Waals surface area (Å²) in [5.74, 6) is 2.54. The summed E-state index contributed by atoms with van der Waals surface area (Å²) in [6, 6.07) is 9.45. The van der Waals surface area contributed by atoms with E-state index < -0.39 is 0 Å². The minimum absolute atomic E-state index is 0.475. The van der Waals surface area contributed by atoms with Crippen molar-refractivity contribution in [1.29, 1.82) is 5.26 Å². The van der Waals surface area contributed by atoms with Gasteiger partial charge in [-0.15, -0.1) is 0 Å². The molecular formula is C14H15N5O. The van der Waals surface area contributed by atoms with Crippen molar-refractivity contribution in [1.82, 2.24) is 9.97 Å². The molecule has 0 radical (unpaired) electrons. The molecule has 1 aromatic heterocycles. The van der Waals surface area contributed by atoms with Gasteiger partial charge in [0.25, 0.3) is 0 Å². The van der Waals surface area contributed by atoms with Gasteiger partial charge in [-0.05, 0) is 13.0 Å². The number of hydrogen-bond acceptors (Lipinski definition) is 6. The number of para-hydroxylation sites is 1. The van der Waals surface area contributed by atoms with E-state index in [0.29, 0.717) is 24.0 Å². The van der Waals surface area contributed by atoms with Crippen molar-refractivity contribution in [3.8, 4) is 11.9 Å². The number of nitrogens with zero attached hydrogens (tertiary/aromatic N) is 3. The van der Waals surface area contributed by atoms with Crippen molar-refractivity contribution in [3.05, 3.63) is 41.7 Å². The summed E-state index contributed by atoms with van der Waals surface area (Å²) in [5, 5.41) is 14.3. The summed E-state index contributed by atoms with van der Waals surface area (Å²) in [6.07, 6.45) is 1.84. The van der Waals surface area contributed by atoms with Crippen LogP contribution in [0.5, 0.6) is 5.75 Å². The molecule has 0 bridgehead atoms. The second-order valence-electron chi connectivity index (χ2n) is 4.09. The molecule has 102 valence electrons. The zero-order valence-electron chi connectivity index (χ0n) is 11.3. The van der Waals surface area contributed by atoms with E-state index in [1.807, 2.05) is 30.5 Å². The number of methoxy groups -OCH3 is 1. The highest BCUT2D eigenvalue weighted by Gasteiger charge is 2.04. The fraction of sp³-hybridized carbons (Fsp3) is 0.214. The van der Waals surface area contributed by atoms with E-state index in [4.69, 9.17) is 10.00 Å². The van der Waals surface area contributed by atoms with E-state index in [0.717, 1.165) is 11.3 Å². The highest BCUT2D eigenvalue weighted by molar-refractivity contribution is 5.50. The molecule has 1 heterocycles. The molecule has 0 spiro atoms. The summed E-state index contributed by atoms with van der Waals surface area (Å²) in [4.78, 5) is 8.38. The Morgan fingerprint density at radius 2 is 2.00 bits per heavy atom. The van der Waals surface area contributed by atoms with Crippen LogP contribution in [0.4, 0.5) is 11.6 Å². The summed E-state index contributed by atoms with van der Waals surface area (Å²) in [6.45, 7) is 2.35. The van der Waals surface area contributed by atoms with Crippen molar-refractivity contribution in [2.24, 2.45) is 0 Å². The Balaban J connectivity index is 2.12. The molecule has 0 fully saturated rings. The number of nitrogens with one attached hydrogen (secondary N) is 2. The van der Waals surface area contributed by atoms with Gasteiger partial charge in [-0.2, -0.15) is 5.26 Å². The minimum Gasteiger partial charge on any atom is -0.496 e. The molecule has 0 unspecified atom stereocenters. The van der Waals surface area contributed by atoms with Crippen LogP contribution in [0.2, 0.25) is 0 Å². The van der Waals surface area contributed by atoms with E-state index in [-0.39, 0.29) is 0 Å². The number of anilines is 2. The van der Waals surface area contributed by atoms with Crippen molar-refractivity contribution in [2.75, 3.05) is 17.7 Å². The van der Waals surface area contributed by atoms with Crippen LogP contribution in [0.1, 0.15) is 11.4 Å². The highest BCUT2D eigenvalue weighted by atomic mass is 16.5. The normalized spacial score (nSPS) is 9.65. The zero-order chi connectivity index (χ0) is 14.4. The van der Waals surface area contributed by atoms with Crippen LogP contribution >= 0.6 is 0 Å². The minimum atomic E-state index is 0.475. The molecule has 0 aliphatic heterocycles. The van der Waals surface area contributed by atoms with Gasteiger partial charge in [0, 0.05) is 18.2 Å². The Bertz CT molecular complexity index is 636. The van der Waals surface area contributed by atoms with Crippen LogP contribution in [0, 0.1) is 18.4 Å². The third kappa shape index (κ3) is 3.36. The molecule has 0 aliphatic carbocycles. The Labute approximate surface area is 117 Å². The lowest BCUT2D eigenvalue weighted by Gasteiger charge is -2.10. The third-order valence-corrected chi connectivity index (χ3v) is 2.67. The fourth-order valence-corrected chi connectivity index (χ4v) is 1.81. The Morgan fingerprint density at radius 1 is 1.25 bits per heavy atom. The molecule has 6 heteroatoms. The first-order valence-electron chi connectivity index (χ1n) is 6.09. The van der Waals surface area contributed by atoms with Crippen LogP contribution in [0.15, 0.2) is 30.3 Å². The Morgan fingerprint density at radius 3 is 2.75 bits per heavy atom. The second-order valence-corrected chi connectivity index (χ2v) is 4.09. The topological polar surface area (TPSA) is 82.9 Å². The lowest BCUT2D eigenvalue weighted by molar-refractivity contribution is 0.410. The number of aryl methyl sites for hydroxylation is 1. The van der Waals surface area contributed by atoms with Gasteiger partial charge >= 0.3 is 0 Å². The summed E-state index contributed by atoms with van der Waals surface area (Å²) in [7, 11) is 1.64. The molecule has 2 aromatic rings. The summed E-state index contributed by atoms with van der Waals surface area (Å²) in [5.41, 5.74) is 1.03. The number of nitriles is 1. The van der Waals surface area contributed by atoms with Crippen LogP contribution in [0.25, 0.3) is 0 Å². The first-order chi connectivity index (χ1) is 9.72. The quantitative estimate of drug-likeness (QED) is 0.640. The standard InChI is InChI=1S/C14H15N5O/c1-10-18-13(7-14(19-10)17-9-15)16-8-11-5-3-4-6-12(11)20-2/h3-7H,8H2,1-2H3,(H2,16,17,18,19). The molecule has 20 heavy (non-hydrogen) atoms. The van der Waals surface area contributed by atoms with Crippen molar-refractivity contribution >= 4 is 11.6 Å². The molecule has 2 rings (SSSR count). The maximum atomic E-state index is 8.62. The van der Waals surface area contributed by atoms with Crippen LogP contribution in [-0.4, -0.2) is 17.1 Å². The van der Waals surface area contributed by atoms with Crippen molar-refractivity contribution < 1.29 is 4.74 Å². The van der Waals surface area contributed by atoms with Crippen LogP contribution in [0.3, 0.4) is 0 Å². The van der Waals surface area contributed by atoms with Gasteiger partial charge in [-0.25, -0.2) is 9.97 Å². The first-order valence-corrected chi connectivity index (χ1v) is 6.09. The first kappa shape index (κ1) is 13.6. The number of rotatable bonds is 5. The average Bonchev–Trinajstić information content (AvgIpc) is 2.45. The van der Waals surface area contributed by atoms with Gasteiger partial charge in [0.15, 0.2) is 6.19 Å². The SMILES string of the molecule is COc1ccccc1CNc1cc(NC#N)nc(C)n1. The molecule has 0 saturated carbocycles. The number of ether oxygens (including phenoxy) is 1. The monoisotopic (exact) mass is 269 g/mol. The van der Waals surface area contributed by atoms with E-state index in [1.165, 1.54) is 0 Å². The molecule has 0 aliphatic rings. The smallest absolute Gasteiger partial charge is 0.182 e. The lowest BCUT2D eigenvalue weighted by atomic mass is 10.2. The lowest BCUT2D eigenvalue weighted by Crippen LogP contribution is -2.05. The van der Waals surface area contributed by atoms with E-state index >= 15 is 0 Å². The van der Waals surface area contributed by atoms with Gasteiger partial charge < -0.3 is 10.1 Å². The van der Waals surface area contributed by atoms with Gasteiger partial charge in [0.05, 0.1) is 7.11 Å². The molecule has 0 saturated heterocycles. The summed E-state index contributed by atoms with van der Waals surface area (Å²) < 4.78 is 5.29. The molecule has 0 amide bonds. The largest absolute Gasteiger partial charge is 0.496 e. The number of aromatic nitrogens is 2. The predicted octanol–water partition coefficient (Wildman–Crippen LogP) is 2.30. The van der Waals surface area contributed by atoms with E-state index in [9.17, 15) is 0 Å². The maximum absolute atomic E-state index is 8.62. The van der Waals surface area contributed by atoms with E-state index in [1.54, 1.807) is 20.1 Å². The Hall–Kier alpha value is -2.81. The summed E-state index contributed by atoms with van der Waals surface area (Å²) >= 11 is 0. The van der Waals surface area contributed by atoms with Crippen LogP contribution in [-0.2, 0) is 6.54 Å². The number of benzene rings is 1. The third-order valence-electron chi connectivity index (χ3n) is 2.67. The van der Waals surface area contributed by atoms with E-state index in [2.05, 4.69) is 20.6 Å². The fourth-order valence-electron chi connectivity index (χ4n) is 1.81. The maximum Gasteiger partial charge on any atom is 0.182 e. The van der Waals surface area contributed by atoms with Gasteiger partial charge in [-0.3, -0.25) is 5.32 Å². The molecule has 0 atom stereocenters. The van der Waals surface area contributed by atoms with Crippen molar-refractivity contribution in [3.63, 3.8) is 0 Å². The van der Waals surface area contributed by atoms with Gasteiger partial charge in [0.2, 0.25) is 0 Å². The highest BCUT2D eigenvalue weighted by Crippen LogP contribution is 2.19. The average molecular weight is 269 g/mol. The zero-order valence-corrected chi connectivity index (χ0v) is 11.3. The number of hydrogen-bond donors (Lipinski definition) is 2. The predicted molar refractivity (Wildman–Crippen MR) is 76.3 cm³/mol. The molecular weight excluding hydrogens is 254 g/mol. The van der Waals surface area contributed by atoms with Gasteiger partial charge in [-0.1, -0.05) is 18.2 Å². The molecule has 1 aromatic carbocycles. The van der Waals surface area contributed by atoms with Gasteiger partial charge in [0.1, 0.15) is 23.2 Å². The van der Waals surface area contributed by atoms with Crippen LogP contribution < -0.4 is 15.4 Å². The molecule has 2 N–H and O–H groups in total. The second kappa shape index (κ2) is 6.38. The molecule has 6 nitrogen and oxygen atoms in total. The van der Waals surface area contributed by atoms with Crippen molar-refractivity contribution in [2.45, 2.75) is 13.5 Å².